The minimum atomic E-state index is 0.424. The van der Waals surface area contributed by atoms with Crippen molar-refractivity contribution in [1.29, 1.82) is 0 Å². The molecule has 4 rings (SSSR count). The fourth-order valence-corrected chi connectivity index (χ4v) is 3.10. The van der Waals surface area contributed by atoms with Gasteiger partial charge in [0.25, 0.3) is 0 Å². The fourth-order valence-electron chi connectivity index (χ4n) is 2.93. The number of halogens is 1. The van der Waals surface area contributed by atoms with E-state index in [-0.39, 0.29) is 0 Å². The lowest BCUT2D eigenvalue weighted by Crippen LogP contribution is -2.15. The van der Waals surface area contributed by atoms with E-state index < -0.39 is 0 Å². The zero-order chi connectivity index (χ0) is 15.6. The van der Waals surface area contributed by atoms with Crippen LogP contribution < -0.4 is 4.74 Å². The molecule has 1 fully saturated rings. The number of rotatable bonds is 5. The van der Waals surface area contributed by atoms with Gasteiger partial charge in [-0.3, -0.25) is 4.40 Å². The van der Waals surface area contributed by atoms with Gasteiger partial charge in [0.2, 0.25) is 5.88 Å². The van der Waals surface area contributed by atoms with E-state index in [1.807, 2.05) is 47.1 Å². The molecule has 1 aromatic carbocycles. The fraction of sp³-hybridized carbons (Fsp3) is 0.333. The second kappa shape index (κ2) is 6.20. The van der Waals surface area contributed by atoms with Gasteiger partial charge in [-0.15, -0.1) is 0 Å². The summed E-state index contributed by atoms with van der Waals surface area (Å²) in [6, 6.07) is 10.0. The molecule has 0 bridgehead atoms. The van der Waals surface area contributed by atoms with Crippen LogP contribution in [0.25, 0.3) is 5.52 Å². The van der Waals surface area contributed by atoms with Crippen LogP contribution in [0.3, 0.4) is 0 Å². The Hall–Kier alpha value is -2.07. The van der Waals surface area contributed by atoms with Gasteiger partial charge in [0.15, 0.2) is 0 Å². The highest BCUT2D eigenvalue weighted by atomic mass is 35.5. The number of hydrogen-bond acceptors (Lipinski definition) is 3. The molecule has 1 aliphatic rings. The number of imidazole rings is 1. The van der Waals surface area contributed by atoms with E-state index in [0.29, 0.717) is 17.6 Å². The average Bonchev–Trinajstić information content (AvgIpc) is 2.92. The van der Waals surface area contributed by atoms with Crippen LogP contribution in [0.4, 0.5) is 0 Å². The summed E-state index contributed by atoms with van der Waals surface area (Å²) >= 11 is 6.18. The van der Waals surface area contributed by atoms with E-state index in [2.05, 4.69) is 9.97 Å². The Bertz CT molecular complexity index is 812. The lowest BCUT2D eigenvalue weighted by molar-refractivity contribution is 0.296. The molecule has 0 aliphatic heterocycles. The first kappa shape index (κ1) is 14.5. The first-order chi connectivity index (χ1) is 11.3. The van der Waals surface area contributed by atoms with Crippen LogP contribution in [0, 0.1) is 5.92 Å². The van der Waals surface area contributed by atoms with Gasteiger partial charge in [-0.1, -0.05) is 61.2 Å². The van der Waals surface area contributed by atoms with Crippen molar-refractivity contribution in [2.24, 2.45) is 5.92 Å². The van der Waals surface area contributed by atoms with Crippen molar-refractivity contribution in [2.75, 3.05) is 0 Å². The maximum atomic E-state index is 6.18. The Balaban J connectivity index is 1.61. The predicted octanol–water partition coefficient (Wildman–Crippen LogP) is 4.30. The van der Waals surface area contributed by atoms with E-state index >= 15 is 0 Å². The Kier molecular flexibility index (Phi) is 3.92. The number of fused-ring (bicyclic) bond motifs is 1. The van der Waals surface area contributed by atoms with Crippen molar-refractivity contribution in [3.05, 3.63) is 59.3 Å². The summed E-state index contributed by atoms with van der Waals surface area (Å²) in [5.41, 5.74) is 1.97. The lowest BCUT2D eigenvalue weighted by atomic mass is 9.83. The van der Waals surface area contributed by atoms with E-state index in [1.165, 1.54) is 19.3 Å². The van der Waals surface area contributed by atoms with Crippen molar-refractivity contribution in [3.63, 3.8) is 0 Å². The summed E-state index contributed by atoms with van der Waals surface area (Å²) in [6.45, 7) is 0.465. The van der Waals surface area contributed by atoms with E-state index in [1.54, 1.807) is 0 Å². The summed E-state index contributed by atoms with van der Waals surface area (Å²) < 4.78 is 7.91. The van der Waals surface area contributed by atoms with Crippen molar-refractivity contribution < 1.29 is 4.74 Å². The van der Waals surface area contributed by atoms with E-state index in [4.69, 9.17) is 16.3 Å². The van der Waals surface area contributed by atoms with Crippen LogP contribution in [-0.4, -0.2) is 14.4 Å². The van der Waals surface area contributed by atoms with Crippen LogP contribution in [0.15, 0.2) is 42.7 Å². The minimum Gasteiger partial charge on any atom is -0.471 e. The third kappa shape index (κ3) is 3.04. The Morgan fingerprint density at radius 3 is 2.78 bits per heavy atom. The molecule has 0 amide bonds. The highest BCUT2D eigenvalue weighted by Gasteiger charge is 2.21. The van der Waals surface area contributed by atoms with Crippen molar-refractivity contribution in [2.45, 2.75) is 32.3 Å². The Morgan fingerprint density at radius 1 is 1.22 bits per heavy atom. The molecule has 3 aromatic rings. The zero-order valence-corrected chi connectivity index (χ0v) is 13.5. The average molecular weight is 328 g/mol. The molecule has 118 valence electrons. The van der Waals surface area contributed by atoms with Crippen molar-refractivity contribution in [1.82, 2.24) is 14.4 Å². The highest BCUT2D eigenvalue weighted by Crippen LogP contribution is 2.31. The van der Waals surface area contributed by atoms with Gasteiger partial charge < -0.3 is 4.74 Å². The van der Waals surface area contributed by atoms with Crippen LogP contribution in [0.1, 0.15) is 30.7 Å². The van der Waals surface area contributed by atoms with Gasteiger partial charge >= 0.3 is 0 Å². The van der Waals surface area contributed by atoms with Crippen LogP contribution in [0.2, 0.25) is 5.15 Å². The Morgan fingerprint density at radius 2 is 2.04 bits per heavy atom. The SMILES string of the molecule is Clc1cn2c(CC3CCC3)ncc2c(OCc2ccccc2)n1. The van der Waals surface area contributed by atoms with Crippen LogP contribution >= 0.6 is 11.6 Å². The second-order valence-electron chi connectivity index (χ2n) is 6.07. The van der Waals surface area contributed by atoms with Gasteiger partial charge in [0.05, 0.1) is 6.20 Å². The third-order valence-electron chi connectivity index (χ3n) is 4.45. The van der Waals surface area contributed by atoms with Gasteiger partial charge in [0.1, 0.15) is 23.1 Å². The number of aromatic nitrogens is 3. The number of hydrogen-bond donors (Lipinski definition) is 0. The second-order valence-corrected chi connectivity index (χ2v) is 6.46. The summed E-state index contributed by atoms with van der Waals surface area (Å²) in [5, 5.41) is 0.424. The summed E-state index contributed by atoms with van der Waals surface area (Å²) in [7, 11) is 0. The summed E-state index contributed by atoms with van der Waals surface area (Å²) in [4.78, 5) is 8.88. The topological polar surface area (TPSA) is 39.4 Å². The van der Waals surface area contributed by atoms with Gasteiger partial charge in [0, 0.05) is 12.6 Å². The molecule has 4 nitrogen and oxygen atoms in total. The molecule has 0 N–H and O–H groups in total. The maximum absolute atomic E-state index is 6.18. The van der Waals surface area contributed by atoms with E-state index in [9.17, 15) is 0 Å². The molecule has 0 radical (unpaired) electrons. The lowest BCUT2D eigenvalue weighted by Gasteiger charge is -2.24. The number of nitrogens with zero attached hydrogens (tertiary/aromatic N) is 3. The smallest absolute Gasteiger partial charge is 0.241 e. The van der Waals surface area contributed by atoms with Crippen LogP contribution in [-0.2, 0) is 13.0 Å². The first-order valence-electron chi connectivity index (χ1n) is 7.99. The maximum Gasteiger partial charge on any atom is 0.241 e. The normalized spacial score (nSPS) is 14.8. The quantitative estimate of drug-likeness (QED) is 0.701. The number of ether oxygens (including phenoxy) is 1. The molecular weight excluding hydrogens is 310 g/mol. The molecule has 2 aromatic heterocycles. The molecule has 0 atom stereocenters. The van der Waals surface area contributed by atoms with E-state index in [0.717, 1.165) is 29.2 Å². The molecule has 5 heteroatoms. The third-order valence-corrected chi connectivity index (χ3v) is 4.63. The molecule has 1 saturated carbocycles. The van der Waals surface area contributed by atoms with Gasteiger partial charge in [-0.05, 0) is 11.5 Å². The molecular formula is C18H18ClN3O. The summed E-state index contributed by atoms with van der Waals surface area (Å²) in [6.07, 6.45) is 8.58. The number of benzene rings is 1. The van der Waals surface area contributed by atoms with Gasteiger partial charge in [-0.2, -0.15) is 4.98 Å². The standard InChI is InChI=1S/C18H18ClN3O/c19-16-11-22-15(10-20-17(22)9-13-7-4-8-13)18(21-16)23-12-14-5-2-1-3-6-14/h1-3,5-6,10-11,13H,4,7-9,12H2. The van der Waals surface area contributed by atoms with Crippen LogP contribution in [0.5, 0.6) is 5.88 Å². The monoisotopic (exact) mass is 327 g/mol. The summed E-state index contributed by atoms with van der Waals surface area (Å²) in [5.74, 6) is 2.33. The predicted molar refractivity (Wildman–Crippen MR) is 89.8 cm³/mol. The van der Waals surface area contributed by atoms with Crippen molar-refractivity contribution in [3.8, 4) is 5.88 Å². The minimum absolute atomic E-state index is 0.424. The molecule has 0 saturated heterocycles. The highest BCUT2D eigenvalue weighted by molar-refractivity contribution is 6.29. The van der Waals surface area contributed by atoms with Gasteiger partial charge in [-0.25, -0.2) is 4.98 Å². The first-order valence-corrected chi connectivity index (χ1v) is 8.36. The Labute approximate surface area is 140 Å². The molecule has 23 heavy (non-hydrogen) atoms. The zero-order valence-electron chi connectivity index (χ0n) is 12.8. The molecule has 1 aliphatic carbocycles. The van der Waals surface area contributed by atoms with Crippen molar-refractivity contribution >= 4 is 17.1 Å². The molecule has 0 unspecified atom stereocenters. The largest absolute Gasteiger partial charge is 0.471 e. The molecule has 0 spiro atoms. The molecule has 2 heterocycles.